The van der Waals surface area contributed by atoms with Gasteiger partial charge in [0.1, 0.15) is 0 Å². The summed E-state index contributed by atoms with van der Waals surface area (Å²) in [4.78, 5) is 0. The van der Waals surface area contributed by atoms with Crippen molar-refractivity contribution in [2.75, 3.05) is 6.26 Å². The number of hydrogen-bond donors (Lipinski definition) is 2. The lowest BCUT2D eigenvalue weighted by molar-refractivity contribution is 1.25. The van der Waals surface area contributed by atoms with Gasteiger partial charge < -0.3 is 11.6 Å². The van der Waals surface area contributed by atoms with Crippen molar-refractivity contribution in [2.45, 2.75) is 0 Å². The molecule has 0 aromatic rings. The molecule has 0 bridgehead atoms. The number of nitrogens with two attached hydrogens (primary N) is 2. The monoisotopic (exact) mass is 361 g/mol. The molecule has 0 fully saturated rings. The van der Waals surface area contributed by atoms with Gasteiger partial charge in [0.05, 0.1) is 0 Å². The Bertz CT molecular complexity index is 66.3. The fourth-order valence-corrected chi connectivity index (χ4v) is 0.158. The van der Waals surface area contributed by atoms with Gasteiger partial charge in [-0.2, -0.15) is 5.10 Å². The maximum Gasteiger partial charge on any atom is 0.177 e. The van der Waals surface area contributed by atoms with Crippen LogP contribution in [-0.2, 0) is 0 Å². The van der Waals surface area contributed by atoms with Crippen molar-refractivity contribution in [2.24, 2.45) is 16.7 Å². The molecular weight excluding hydrogens is 352 g/mol. The van der Waals surface area contributed by atoms with Gasteiger partial charge in [-0.05, 0) is 6.26 Å². The number of amidine groups is 1. The standard InChI is InChI=1S/C2H7N3S.2HI/c1-6-2(3)5-4;;/h4H2,1H3,(H2,3,5);2*1H. The average molecular weight is 361 g/mol. The predicted molar refractivity (Wildman–Crippen MR) is 60.2 cm³/mol. The number of nitrogens with zero attached hydrogens (tertiary/aromatic N) is 1. The molecule has 0 aliphatic carbocycles. The number of thioether (sulfide) groups is 1. The van der Waals surface area contributed by atoms with E-state index >= 15 is 0 Å². The van der Waals surface area contributed by atoms with E-state index < -0.39 is 0 Å². The van der Waals surface area contributed by atoms with Crippen LogP contribution < -0.4 is 11.6 Å². The molecule has 0 amide bonds. The molecule has 0 aromatic carbocycles. The fraction of sp³-hybridized carbons (Fsp3) is 0.500. The average Bonchev–Trinajstić information content (AvgIpc) is 1.65. The third-order valence-electron chi connectivity index (χ3n) is 0.336. The molecule has 0 aliphatic heterocycles. The van der Waals surface area contributed by atoms with Gasteiger partial charge >= 0.3 is 0 Å². The molecule has 3 nitrogen and oxygen atoms in total. The first-order valence-corrected chi connectivity index (χ1v) is 2.61. The SMILES string of the molecule is CS/C(N)=N\N.I.I. The zero-order chi connectivity index (χ0) is 4.99. The van der Waals surface area contributed by atoms with Crippen LogP contribution in [0.3, 0.4) is 0 Å². The summed E-state index contributed by atoms with van der Waals surface area (Å²) in [5.74, 6) is 4.72. The zero-order valence-electron chi connectivity index (χ0n) is 4.33. The highest BCUT2D eigenvalue weighted by Gasteiger charge is 1.77. The minimum atomic E-state index is 0. The molecule has 52 valence electrons. The minimum Gasteiger partial charge on any atom is -0.377 e. The first kappa shape index (κ1) is 16.0. The van der Waals surface area contributed by atoms with Crippen molar-refractivity contribution >= 4 is 64.9 Å². The second-order valence-electron chi connectivity index (χ2n) is 0.671. The molecule has 0 aromatic heterocycles. The zero-order valence-corrected chi connectivity index (χ0v) is 9.80. The molecule has 0 rings (SSSR count). The largest absolute Gasteiger partial charge is 0.377 e. The molecule has 0 atom stereocenters. The van der Waals surface area contributed by atoms with Crippen LogP contribution in [0, 0.1) is 0 Å². The first-order chi connectivity index (χ1) is 2.81. The highest BCUT2D eigenvalue weighted by atomic mass is 127. The van der Waals surface area contributed by atoms with E-state index in [2.05, 4.69) is 5.10 Å². The Hall–Kier alpha value is 1.08. The first-order valence-electron chi connectivity index (χ1n) is 1.38. The lowest BCUT2D eigenvalue weighted by Crippen LogP contribution is -2.07. The van der Waals surface area contributed by atoms with E-state index in [9.17, 15) is 0 Å². The number of halogens is 2. The Balaban J connectivity index is -0.000000125. The smallest absolute Gasteiger partial charge is 0.177 e. The van der Waals surface area contributed by atoms with Crippen molar-refractivity contribution in [3.8, 4) is 0 Å². The maximum absolute atomic E-state index is 5.06. The fourth-order valence-electron chi connectivity index (χ4n) is 0.0527. The lowest BCUT2D eigenvalue weighted by Gasteiger charge is -1.83. The van der Waals surface area contributed by atoms with Gasteiger partial charge in [0.25, 0.3) is 0 Å². The van der Waals surface area contributed by atoms with Gasteiger partial charge in [0.2, 0.25) is 0 Å². The molecule has 4 N–H and O–H groups in total. The molecule has 0 unspecified atom stereocenters. The third-order valence-corrected chi connectivity index (χ3v) is 0.860. The summed E-state index contributed by atoms with van der Waals surface area (Å²) in [6, 6.07) is 0. The Morgan fingerprint density at radius 1 is 1.50 bits per heavy atom. The maximum atomic E-state index is 5.06. The van der Waals surface area contributed by atoms with Crippen LogP contribution >= 0.6 is 59.7 Å². The van der Waals surface area contributed by atoms with Gasteiger partial charge in [0.15, 0.2) is 5.17 Å². The highest BCUT2D eigenvalue weighted by molar-refractivity contribution is 14.0. The van der Waals surface area contributed by atoms with Gasteiger partial charge in [0, 0.05) is 0 Å². The van der Waals surface area contributed by atoms with Crippen LogP contribution in [0.1, 0.15) is 0 Å². The van der Waals surface area contributed by atoms with E-state index in [1.165, 1.54) is 11.8 Å². The molecule has 8 heavy (non-hydrogen) atoms. The third kappa shape index (κ3) is 10.1. The van der Waals surface area contributed by atoms with Gasteiger partial charge in [-0.25, -0.2) is 0 Å². The van der Waals surface area contributed by atoms with Crippen LogP contribution in [0.15, 0.2) is 5.10 Å². The van der Waals surface area contributed by atoms with E-state index in [4.69, 9.17) is 11.6 Å². The Labute approximate surface area is 87.1 Å². The summed E-state index contributed by atoms with van der Waals surface area (Å²) >= 11 is 1.33. The summed E-state index contributed by atoms with van der Waals surface area (Å²) in [6.45, 7) is 0. The van der Waals surface area contributed by atoms with Crippen molar-refractivity contribution < 1.29 is 0 Å². The van der Waals surface area contributed by atoms with E-state index in [-0.39, 0.29) is 48.0 Å². The summed E-state index contributed by atoms with van der Waals surface area (Å²) in [5, 5.41) is 3.58. The summed E-state index contributed by atoms with van der Waals surface area (Å²) in [5.41, 5.74) is 5.06. The predicted octanol–water partition coefficient (Wildman–Crippen LogP) is 0.774. The topological polar surface area (TPSA) is 64.4 Å². The van der Waals surface area contributed by atoms with Crippen LogP contribution in [0.2, 0.25) is 0 Å². The molecule has 0 spiro atoms. The normalized spacial score (nSPS) is 8.88. The lowest BCUT2D eigenvalue weighted by atomic mass is 11.4. The van der Waals surface area contributed by atoms with Crippen molar-refractivity contribution in [1.29, 1.82) is 0 Å². The van der Waals surface area contributed by atoms with Crippen LogP contribution in [0.4, 0.5) is 0 Å². The highest BCUT2D eigenvalue weighted by Crippen LogP contribution is 1.85. The Morgan fingerprint density at radius 2 is 1.88 bits per heavy atom. The Kier molecular flexibility index (Phi) is 22.0. The van der Waals surface area contributed by atoms with E-state index in [0.717, 1.165) is 0 Å². The summed E-state index contributed by atoms with van der Waals surface area (Å²) < 4.78 is 0. The summed E-state index contributed by atoms with van der Waals surface area (Å²) in [6.07, 6.45) is 1.81. The van der Waals surface area contributed by atoms with Gasteiger partial charge in [-0.1, -0.05) is 11.8 Å². The van der Waals surface area contributed by atoms with Crippen LogP contribution in [-0.4, -0.2) is 11.4 Å². The van der Waals surface area contributed by atoms with Gasteiger partial charge in [-0.3, -0.25) is 0 Å². The van der Waals surface area contributed by atoms with E-state index in [1.54, 1.807) is 0 Å². The number of hydrazone groups is 1. The number of hydrogen-bond acceptors (Lipinski definition) is 3. The molecular formula is C2H9I2N3S. The molecule has 0 heterocycles. The van der Waals surface area contributed by atoms with Crippen molar-refractivity contribution in [3.05, 3.63) is 0 Å². The molecule has 0 radical (unpaired) electrons. The summed E-state index contributed by atoms with van der Waals surface area (Å²) in [7, 11) is 0. The Morgan fingerprint density at radius 3 is 1.88 bits per heavy atom. The second kappa shape index (κ2) is 11.0. The number of rotatable bonds is 0. The van der Waals surface area contributed by atoms with Crippen molar-refractivity contribution in [1.82, 2.24) is 0 Å². The molecule has 6 heteroatoms. The van der Waals surface area contributed by atoms with E-state index in [1.807, 2.05) is 6.26 Å². The van der Waals surface area contributed by atoms with Crippen molar-refractivity contribution in [3.63, 3.8) is 0 Å². The molecule has 0 saturated heterocycles. The van der Waals surface area contributed by atoms with Crippen LogP contribution in [0.25, 0.3) is 0 Å². The minimum absolute atomic E-state index is 0. The van der Waals surface area contributed by atoms with Gasteiger partial charge in [-0.15, -0.1) is 48.0 Å². The van der Waals surface area contributed by atoms with Crippen LogP contribution in [0.5, 0.6) is 0 Å². The van der Waals surface area contributed by atoms with E-state index in [0.29, 0.717) is 5.17 Å². The molecule has 0 saturated carbocycles. The second-order valence-corrected chi connectivity index (χ2v) is 1.50. The molecule has 0 aliphatic rings. The quantitative estimate of drug-likeness (QED) is 0.220.